The van der Waals surface area contributed by atoms with Gasteiger partial charge in [-0.3, -0.25) is 19.7 Å². The van der Waals surface area contributed by atoms with E-state index in [4.69, 9.17) is 9.94 Å². The maximum absolute atomic E-state index is 12.5. The van der Waals surface area contributed by atoms with E-state index < -0.39 is 23.5 Å². The lowest BCUT2D eigenvalue weighted by atomic mass is 10.0. The molecule has 1 unspecified atom stereocenters. The first kappa shape index (κ1) is 21.5. The number of carbonyl (C=O) groups excluding carboxylic acids is 2. The van der Waals surface area contributed by atoms with E-state index in [0.29, 0.717) is 18.4 Å². The summed E-state index contributed by atoms with van der Waals surface area (Å²) in [6, 6.07) is 14.2. The third kappa shape index (κ3) is 5.11. The van der Waals surface area contributed by atoms with Gasteiger partial charge in [-0.2, -0.15) is 0 Å². The van der Waals surface area contributed by atoms with Crippen LogP contribution in [0.2, 0.25) is 0 Å². The van der Waals surface area contributed by atoms with E-state index in [1.54, 1.807) is 12.1 Å². The van der Waals surface area contributed by atoms with E-state index in [1.807, 2.05) is 12.1 Å². The molecule has 2 fully saturated rings. The molecule has 2 aromatic carbocycles. The molecule has 1 atom stereocenters. The van der Waals surface area contributed by atoms with Gasteiger partial charge in [-0.05, 0) is 41.7 Å². The SMILES string of the molecule is O=C(NC(C(=O)NO)C1(O)CC1)c1ccc(-c2ccc(CN3CCOCC3)cc2)cc1. The molecule has 4 rings (SSSR count). The topological polar surface area (TPSA) is 111 Å². The Labute approximate surface area is 180 Å². The van der Waals surface area contributed by atoms with Gasteiger partial charge in [0.05, 0.1) is 18.8 Å². The summed E-state index contributed by atoms with van der Waals surface area (Å²) in [7, 11) is 0. The maximum atomic E-state index is 12.5. The number of hydrogen-bond donors (Lipinski definition) is 4. The zero-order valence-corrected chi connectivity index (χ0v) is 17.2. The van der Waals surface area contributed by atoms with Crippen molar-refractivity contribution >= 4 is 11.8 Å². The van der Waals surface area contributed by atoms with Crippen LogP contribution in [0.25, 0.3) is 11.1 Å². The van der Waals surface area contributed by atoms with Gasteiger partial charge in [0.15, 0.2) is 0 Å². The molecule has 1 saturated heterocycles. The average Bonchev–Trinajstić information content (AvgIpc) is 3.56. The number of ether oxygens (including phenoxy) is 1. The number of carbonyl (C=O) groups is 2. The zero-order valence-electron chi connectivity index (χ0n) is 17.2. The van der Waals surface area contributed by atoms with Crippen LogP contribution < -0.4 is 10.8 Å². The third-order valence-corrected chi connectivity index (χ3v) is 5.89. The Morgan fingerprint density at radius 3 is 2.13 bits per heavy atom. The molecule has 8 nitrogen and oxygen atoms in total. The molecule has 2 amide bonds. The van der Waals surface area contributed by atoms with Gasteiger partial charge in [0, 0.05) is 25.2 Å². The summed E-state index contributed by atoms with van der Waals surface area (Å²) in [4.78, 5) is 26.7. The molecule has 1 aliphatic carbocycles. The van der Waals surface area contributed by atoms with Crippen molar-refractivity contribution in [1.29, 1.82) is 0 Å². The Bertz CT molecular complexity index is 919. The minimum Gasteiger partial charge on any atom is -0.387 e. The molecule has 31 heavy (non-hydrogen) atoms. The second-order valence-corrected chi connectivity index (χ2v) is 8.15. The minimum absolute atomic E-state index is 0.368. The van der Waals surface area contributed by atoms with Gasteiger partial charge in [-0.1, -0.05) is 36.4 Å². The molecule has 8 heteroatoms. The van der Waals surface area contributed by atoms with Crippen molar-refractivity contribution in [2.45, 2.75) is 31.0 Å². The zero-order chi connectivity index (χ0) is 21.8. The Hall–Kier alpha value is -2.78. The van der Waals surface area contributed by atoms with Crippen molar-refractivity contribution in [2.24, 2.45) is 0 Å². The van der Waals surface area contributed by atoms with Crippen LogP contribution in [0.5, 0.6) is 0 Å². The fourth-order valence-corrected chi connectivity index (χ4v) is 3.77. The molecule has 0 radical (unpaired) electrons. The number of hydroxylamine groups is 1. The second kappa shape index (κ2) is 9.15. The van der Waals surface area contributed by atoms with Crippen molar-refractivity contribution in [3.63, 3.8) is 0 Å². The molecule has 1 aliphatic heterocycles. The largest absolute Gasteiger partial charge is 0.387 e. The lowest BCUT2D eigenvalue weighted by Gasteiger charge is -2.26. The van der Waals surface area contributed by atoms with Gasteiger partial charge in [0.25, 0.3) is 11.8 Å². The molecule has 2 aromatic rings. The lowest BCUT2D eigenvalue weighted by molar-refractivity contribution is -0.134. The van der Waals surface area contributed by atoms with E-state index in [9.17, 15) is 14.7 Å². The smallest absolute Gasteiger partial charge is 0.268 e. The van der Waals surface area contributed by atoms with Crippen LogP contribution in [0.1, 0.15) is 28.8 Å². The van der Waals surface area contributed by atoms with Crippen molar-refractivity contribution in [3.8, 4) is 11.1 Å². The normalized spacial score (nSPS) is 18.8. The Morgan fingerprint density at radius 2 is 1.58 bits per heavy atom. The van der Waals surface area contributed by atoms with Gasteiger partial charge in [-0.15, -0.1) is 0 Å². The molecule has 1 heterocycles. The minimum atomic E-state index is -1.30. The van der Waals surface area contributed by atoms with E-state index in [2.05, 4.69) is 34.5 Å². The second-order valence-electron chi connectivity index (χ2n) is 8.15. The molecule has 0 spiro atoms. The quantitative estimate of drug-likeness (QED) is 0.393. The number of nitrogens with zero attached hydrogens (tertiary/aromatic N) is 1. The van der Waals surface area contributed by atoms with Crippen molar-refractivity contribution in [2.75, 3.05) is 26.3 Å². The number of benzene rings is 2. The predicted octanol–water partition coefficient (Wildman–Crippen LogP) is 1.31. The van der Waals surface area contributed by atoms with Crippen LogP contribution in [-0.4, -0.2) is 65.0 Å². The molecule has 164 valence electrons. The van der Waals surface area contributed by atoms with Gasteiger partial charge in [-0.25, -0.2) is 5.48 Å². The monoisotopic (exact) mass is 425 g/mol. The first-order valence-electron chi connectivity index (χ1n) is 10.5. The standard InChI is InChI=1S/C23H27N3O5/c27-21(24-20(22(28)25-30)23(29)9-10-23)19-7-5-18(6-8-19)17-3-1-16(2-4-17)15-26-11-13-31-14-12-26/h1-8,20,29-30H,9-15H2,(H,24,27)(H,25,28). The highest BCUT2D eigenvalue weighted by molar-refractivity contribution is 5.98. The van der Waals surface area contributed by atoms with E-state index in [1.165, 1.54) is 11.0 Å². The fraction of sp³-hybridized carbons (Fsp3) is 0.391. The molecule has 0 bridgehead atoms. The summed E-state index contributed by atoms with van der Waals surface area (Å²) >= 11 is 0. The Morgan fingerprint density at radius 1 is 1.00 bits per heavy atom. The Balaban J connectivity index is 1.39. The molecular weight excluding hydrogens is 398 g/mol. The first-order valence-corrected chi connectivity index (χ1v) is 10.5. The molecular formula is C23H27N3O5. The average molecular weight is 425 g/mol. The van der Waals surface area contributed by atoms with E-state index >= 15 is 0 Å². The number of amides is 2. The van der Waals surface area contributed by atoms with Crippen LogP contribution in [0.3, 0.4) is 0 Å². The van der Waals surface area contributed by atoms with Crippen molar-refractivity contribution in [3.05, 3.63) is 59.7 Å². The van der Waals surface area contributed by atoms with Gasteiger partial charge < -0.3 is 15.2 Å². The fourth-order valence-electron chi connectivity index (χ4n) is 3.77. The van der Waals surface area contributed by atoms with Crippen LogP contribution >= 0.6 is 0 Å². The Kier molecular flexibility index (Phi) is 6.33. The summed E-state index contributed by atoms with van der Waals surface area (Å²) < 4.78 is 5.39. The summed E-state index contributed by atoms with van der Waals surface area (Å²) in [5.74, 6) is -1.32. The van der Waals surface area contributed by atoms with Crippen LogP contribution in [-0.2, 0) is 16.1 Å². The molecule has 4 N–H and O–H groups in total. The highest BCUT2D eigenvalue weighted by Crippen LogP contribution is 2.38. The van der Waals surface area contributed by atoms with Crippen molar-refractivity contribution in [1.82, 2.24) is 15.7 Å². The van der Waals surface area contributed by atoms with Crippen molar-refractivity contribution < 1.29 is 24.6 Å². The first-order chi connectivity index (χ1) is 15.0. The summed E-state index contributed by atoms with van der Waals surface area (Å²) in [5, 5.41) is 21.6. The van der Waals surface area contributed by atoms with Crippen LogP contribution in [0, 0.1) is 0 Å². The number of hydrogen-bond acceptors (Lipinski definition) is 6. The van der Waals surface area contributed by atoms with Gasteiger partial charge in [0.1, 0.15) is 6.04 Å². The highest BCUT2D eigenvalue weighted by atomic mass is 16.5. The number of nitrogens with one attached hydrogen (secondary N) is 2. The summed E-state index contributed by atoms with van der Waals surface area (Å²) in [5.41, 5.74) is 3.83. The predicted molar refractivity (Wildman–Crippen MR) is 113 cm³/mol. The summed E-state index contributed by atoms with van der Waals surface area (Å²) in [6.07, 6.45) is 0.789. The molecule has 2 aliphatic rings. The van der Waals surface area contributed by atoms with Crippen LogP contribution in [0.4, 0.5) is 0 Å². The van der Waals surface area contributed by atoms with Crippen LogP contribution in [0.15, 0.2) is 48.5 Å². The molecule has 0 aromatic heterocycles. The summed E-state index contributed by atoms with van der Waals surface area (Å²) in [6.45, 7) is 4.36. The van der Waals surface area contributed by atoms with Gasteiger partial charge >= 0.3 is 0 Å². The number of morpholine rings is 1. The number of aliphatic hydroxyl groups is 1. The number of rotatable bonds is 7. The highest BCUT2D eigenvalue weighted by Gasteiger charge is 2.52. The van der Waals surface area contributed by atoms with E-state index in [0.717, 1.165) is 44.0 Å². The molecule has 1 saturated carbocycles. The van der Waals surface area contributed by atoms with Gasteiger partial charge in [0.2, 0.25) is 0 Å². The maximum Gasteiger partial charge on any atom is 0.268 e. The third-order valence-electron chi connectivity index (χ3n) is 5.89. The lowest BCUT2D eigenvalue weighted by Crippen LogP contribution is -2.54. The van der Waals surface area contributed by atoms with E-state index in [-0.39, 0.29) is 0 Å².